The van der Waals surface area contributed by atoms with E-state index in [2.05, 4.69) is 25.8 Å². The van der Waals surface area contributed by atoms with Crippen LogP contribution in [0.4, 0.5) is 0 Å². The van der Waals surface area contributed by atoms with Crippen molar-refractivity contribution in [1.29, 1.82) is 0 Å². The lowest BCUT2D eigenvalue weighted by atomic mass is 10.0. The summed E-state index contributed by atoms with van der Waals surface area (Å²) in [6.45, 7) is 3.42. The molecule has 28 heavy (non-hydrogen) atoms. The fourth-order valence-electron chi connectivity index (χ4n) is 2.38. The van der Waals surface area contributed by atoms with E-state index >= 15 is 0 Å². The summed E-state index contributed by atoms with van der Waals surface area (Å²) in [4.78, 5) is 43.1. The van der Waals surface area contributed by atoms with Crippen LogP contribution in [0.15, 0.2) is 28.9 Å². The normalized spacial score (nSPS) is 11.8. The Morgan fingerprint density at radius 1 is 1.21 bits per heavy atom. The predicted molar refractivity (Wildman–Crippen MR) is 97.9 cm³/mol. The van der Waals surface area contributed by atoms with Gasteiger partial charge in [-0.3, -0.25) is 14.6 Å². The van der Waals surface area contributed by atoms with Gasteiger partial charge in [0.05, 0.1) is 6.54 Å². The van der Waals surface area contributed by atoms with Gasteiger partial charge in [-0.1, -0.05) is 25.1 Å². The number of carbonyl (C=O) groups excluding carboxylic acids is 2. The van der Waals surface area contributed by atoms with Crippen LogP contribution < -0.4 is 10.6 Å². The Morgan fingerprint density at radius 2 is 2.00 bits per heavy atom. The van der Waals surface area contributed by atoms with E-state index in [9.17, 15) is 14.4 Å². The van der Waals surface area contributed by atoms with Gasteiger partial charge in [0, 0.05) is 19.0 Å². The third kappa shape index (κ3) is 6.78. The molecular weight excluding hydrogens is 366 g/mol. The summed E-state index contributed by atoms with van der Waals surface area (Å²) < 4.78 is 5.09. The Balaban J connectivity index is 1.75. The van der Waals surface area contributed by atoms with Gasteiger partial charge in [-0.05, 0) is 24.5 Å². The van der Waals surface area contributed by atoms with Crippen molar-refractivity contribution in [3.05, 3.63) is 30.3 Å². The van der Waals surface area contributed by atoms with Gasteiger partial charge in [0.15, 0.2) is 0 Å². The number of carboxylic acid groups (broad SMARTS) is 1. The largest absolute Gasteiger partial charge is 0.480 e. The molecule has 1 atom stereocenters. The molecule has 0 bridgehead atoms. The summed E-state index contributed by atoms with van der Waals surface area (Å²) in [5.41, 5.74) is 0.563. The molecule has 3 N–H and O–H groups in total. The molecule has 0 unspecified atom stereocenters. The summed E-state index contributed by atoms with van der Waals surface area (Å²) in [5, 5.41) is 17.8. The molecule has 0 fully saturated rings. The van der Waals surface area contributed by atoms with Gasteiger partial charge >= 0.3 is 5.97 Å². The monoisotopic (exact) mass is 389 g/mol. The van der Waals surface area contributed by atoms with E-state index in [1.165, 1.54) is 0 Å². The smallest absolute Gasteiger partial charge is 0.326 e. The second kappa shape index (κ2) is 10.1. The summed E-state index contributed by atoms with van der Waals surface area (Å²) in [5.74, 6) is -1.32. The zero-order valence-corrected chi connectivity index (χ0v) is 15.7. The predicted octanol–water partition coefficient (Wildman–Crippen LogP) is 0.796. The molecule has 2 aromatic rings. The number of pyridine rings is 1. The summed E-state index contributed by atoms with van der Waals surface area (Å²) in [6.07, 6.45) is 2.18. The van der Waals surface area contributed by atoms with Crippen molar-refractivity contribution < 1.29 is 24.0 Å². The van der Waals surface area contributed by atoms with Gasteiger partial charge < -0.3 is 20.3 Å². The van der Waals surface area contributed by atoms with E-state index in [1.54, 1.807) is 24.4 Å². The van der Waals surface area contributed by atoms with Crippen molar-refractivity contribution in [3.63, 3.8) is 0 Å². The van der Waals surface area contributed by atoms with E-state index in [1.807, 2.05) is 13.8 Å². The number of amides is 2. The Bertz CT molecular complexity index is 806. The first-order valence-corrected chi connectivity index (χ1v) is 8.88. The van der Waals surface area contributed by atoms with Crippen LogP contribution in [0.25, 0.3) is 11.5 Å². The average molecular weight is 389 g/mol. The minimum absolute atomic E-state index is 0.0471. The van der Waals surface area contributed by atoms with Gasteiger partial charge in [0.2, 0.25) is 23.5 Å². The fraction of sp³-hybridized carbons (Fsp3) is 0.444. The highest BCUT2D eigenvalue weighted by atomic mass is 16.5. The molecule has 2 aromatic heterocycles. The lowest BCUT2D eigenvalue weighted by Crippen LogP contribution is -2.46. The molecule has 0 radical (unpaired) electrons. The van der Waals surface area contributed by atoms with Crippen LogP contribution in [0, 0.1) is 5.92 Å². The number of hydrogen-bond acceptors (Lipinski definition) is 7. The SMILES string of the molecule is CC(C)C[C@H](NC(=O)CNC(=O)CCc1nc(-c2ccccn2)no1)C(=O)O. The molecule has 10 nitrogen and oxygen atoms in total. The highest BCUT2D eigenvalue weighted by Gasteiger charge is 2.21. The van der Waals surface area contributed by atoms with Crippen LogP contribution in [0.3, 0.4) is 0 Å². The second-order valence-corrected chi connectivity index (χ2v) is 6.59. The van der Waals surface area contributed by atoms with E-state index < -0.39 is 17.9 Å². The molecule has 2 rings (SSSR count). The van der Waals surface area contributed by atoms with Crippen molar-refractivity contribution in [3.8, 4) is 11.5 Å². The molecule has 10 heteroatoms. The highest BCUT2D eigenvalue weighted by molar-refractivity contribution is 5.87. The molecule has 0 saturated heterocycles. The van der Waals surface area contributed by atoms with Crippen LogP contribution >= 0.6 is 0 Å². The summed E-state index contributed by atoms with van der Waals surface area (Å²) >= 11 is 0. The highest BCUT2D eigenvalue weighted by Crippen LogP contribution is 2.12. The van der Waals surface area contributed by atoms with E-state index in [0.29, 0.717) is 17.9 Å². The van der Waals surface area contributed by atoms with Gasteiger partial charge in [-0.2, -0.15) is 4.98 Å². The van der Waals surface area contributed by atoms with Crippen molar-refractivity contribution >= 4 is 17.8 Å². The number of hydrogen-bond donors (Lipinski definition) is 3. The number of nitrogens with one attached hydrogen (secondary N) is 2. The molecule has 0 saturated carbocycles. The Labute approximate surface area is 161 Å². The van der Waals surface area contributed by atoms with Crippen LogP contribution in [0.1, 0.15) is 32.6 Å². The number of rotatable bonds is 10. The number of nitrogens with zero attached hydrogens (tertiary/aromatic N) is 3. The molecular formula is C18H23N5O5. The molecule has 150 valence electrons. The standard InChI is InChI=1S/C18H23N5O5/c1-11(2)9-13(18(26)27)21-15(25)10-20-14(24)6-7-16-22-17(23-28-16)12-5-3-4-8-19-12/h3-5,8,11,13H,6-7,9-10H2,1-2H3,(H,20,24)(H,21,25)(H,26,27)/t13-/m0/s1. The van der Waals surface area contributed by atoms with Gasteiger partial charge in [-0.25, -0.2) is 4.79 Å². The van der Waals surface area contributed by atoms with E-state index in [-0.39, 0.29) is 37.1 Å². The quantitative estimate of drug-likeness (QED) is 0.540. The topological polar surface area (TPSA) is 147 Å². The van der Waals surface area contributed by atoms with Crippen molar-refractivity contribution in [2.75, 3.05) is 6.54 Å². The molecule has 0 spiro atoms. The van der Waals surface area contributed by atoms with Gasteiger partial charge in [-0.15, -0.1) is 0 Å². The summed E-state index contributed by atoms with van der Waals surface area (Å²) in [6, 6.07) is 4.33. The van der Waals surface area contributed by atoms with E-state index in [0.717, 1.165) is 0 Å². The Hall–Kier alpha value is -3.30. The lowest BCUT2D eigenvalue weighted by Gasteiger charge is -2.16. The second-order valence-electron chi connectivity index (χ2n) is 6.59. The molecule has 0 aliphatic rings. The third-order valence-corrected chi connectivity index (χ3v) is 3.71. The number of aryl methyl sites for hydroxylation is 1. The zero-order chi connectivity index (χ0) is 20.5. The first-order chi connectivity index (χ1) is 13.3. The van der Waals surface area contributed by atoms with E-state index in [4.69, 9.17) is 9.63 Å². The van der Waals surface area contributed by atoms with Crippen molar-refractivity contribution in [2.24, 2.45) is 5.92 Å². The molecule has 2 heterocycles. The molecule has 0 aliphatic heterocycles. The maximum atomic E-state index is 11.9. The maximum absolute atomic E-state index is 11.9. The van der Waals surface area contributed by atoms with Crippen molar-refractivity contribution in [2.45, 2.75) is 39.2 Å². The average Bonchev–Trinajstić information content (AvgIpc) is 3.13. The summed E-state index contributed by atoms with van der Waals surface area (Å²) in [7, 11) is 0. The first-order valence-electron chi connectivity index (χ1n) is 8.88. The Kier molecular flexibility index (Phi) is 7.61. The Morgan fingerprint density at radius 3 is 2.64 bits per heavy atom. The number of carbonyl (C=O) groups is 3. The molecule has 2 amide bonds. The maximum Gasteiger partial charge on any atom is 0.326 e. The minimum atomic E-state index is -1.10. The number of aliphatic carboxylic acids is 1. The van der Waals surface area contributed by atoms with Crippen LogP contribution in [0.2, 0.25) is 0 Å². The fourth-order valence-corrected chi connectivity index (χ4v) is 2.38. The van der Waals surface area contributed by atoms with Gasteiger partial charge in [0.25, 0.3) is 0 Å². The lowest BCUT2D eigenvalue weighted by molar-refractivity contribution is -0.142. The van der Waals surface area contributed by atoms with Crippen molar-refractivity contribution in [1.82, 2.24) is 25.8 Å². The number of carboxylic acids is 1. The van der Waals surface area contributed by atoms with Crippen LogP contribution in [-0.4, -0.2) is 50.6 Å². The first kappa shape index (κ1) is 21.0. The third-order valence-electron chi connectivity index (χ3n) is 3.71. The number of aromatic nitrogens is 3. The molecule has 0 aliphatic carbocycles. The van der Waals surface area contributed by atoms with Crippen LogP contribution in [0.5, 0.6) is 0 Å². The molecule has 0 aromatic carbocycles. The zero-order valence-electron chi connectivity index (χ0n) is 15.7. The minimum Gasteiger partial charge on any atom is -0.480 e. The van der Waals surface area contributed by atoms with Gasteiger partial charge in [0.1, 0.15) is 11.7 Å². The van der Waals surface area contributed by atoms with Crippen LogP contribution in [-0.2, 0) is 20.8 Å².